The van der Waals surface area contributed by atoms with E-state index in [-0.39, 0.29) is 11.7 Å². The minimum absolute atomic E-state index is 0.185. The fourth-order valence-corrected chi connectivity index (χ4v) is 3.39. The number of benzene rings is 1. The quantitative estimate of drug-likeness (QED) is 0.849. The minimum Gasteiger partial charge on any atom is -0.342 e. The number of rotatable bonds is 4. The molecule has 23 heavy (non-hydrogen) atoms. The number of carbonyl (C=O) groups excluding carboxylic acids is 1. The van der Waals surface area contributed by atoms with Gasteiger partial charge in [0, 0.05) is 45.8 Å². The van der Waals surface area contributed by atoms with Crippen LogP contribution >= 0.6 is 0 Å². The van der Waals surface area contributed by atoms with Crippen molar-refractivity contribution in [3.8, 4) is 0 Å². The predicted molar refractivity (Wildman–Crippen MR) is 88.5 cm³/mol. The molecule has 2 aliphatic heterocycles. The molecule has 0 aliphatic carbocycles. The van der Waals surface area contributed by atoms with E-state index in [1.54, 1.807) is 0 Å². The number of nitrogens with zero attached hydrogens (tertiary/aromatic N) is 3. The summed E-state index contributed by atoms with van der Waals surface area (Å²) in [5.41, 5.74) is 1.14. The van der Waals surface area contributed by atoms with Crippen LogP contribution in [0.15, 0.2) is 24.3 Å². The first-order valence-electron chi connectivity index (χ1n) is 8.68. The van der Waals surface area contributed by atoms with Crippen LogP contribution < -0.4 is 0 Å². The third-order valence-corrected chi connectivity index (χ3v) is 4.85. The first-order valence-corrected chi connectivity index (χ1v) is 8.68. The van der Waals surface area contributed by atoms with Crippen molar-refractivity contribution in [2.24, 2.45) is 0 Å². The lowest BCUT2D eigenvalue weighted by Gasteiger charge is -2.36. The van der Waals surface area contributed by atoms with Gasteiger partial charge in [0.05, 0.1) is 6.54 Å². The topological polar surface area (TPSA) is 26.8 Å². The first kappa shape index (κ1) is 16.4. The number of amides is 1. The van der Waals surface area contributed by atoms with Gasteiger partial charge >= 0.3 is 0 Å². The Morgan fingerprint density at radius 1 is 0.870 bits per heavy atom. The summed E-state index contributed by atoms with van der Waals surface area (Å²) < 4.78 is 12.9. The van der Waals surface area contributed by atoms with Crippen molar-refractivity contribution in [1.82, 2.24) is 14.7 Å². The van der Waals surface area contributed by atoms with Crippen LogP contribution in [0.5, 0.6) is 0 Å². The molecule has 0 radical (unpaired) electrons. The second-order valence-corrected chi connectivity index (χ2v) is 6.62. The Morgan fingerprint density at radius 2 is 1.48 bits per heavy atom. The molecule has 2 fully saturated rings. The highest BCUT2D eigenvalue weighted by molar-refractivity contribution is 5.78. The van der Waals surface area contributed by atoms with Crippen LogP contribution in [0, 0.1) is 5.82 Å². The summed E-state index contributed by atoms with van der Waals surface area (Å²) in [6.07, 6.45) is 3.56. The standard InChI is InChI=1S/C18H26FN3O/c19-17-6-4-16(5-7-17)14-20-10-12-21(13-11-20)15-18(23)22-8-2-1-3-9-22/h4-7H,1-3,8-15H2. The molecule has 0 spiro atoms. The number of carbonyl (C=O) groups is 1. The largest absolute Gasteiger partial charge is 0.342 e. The van der Waals surface area contributed by atoms with Crippen molar-refractivity contribution in [3.63, 3.8) is 0 Å². The Bertz CT molecular complexity index is 506. The van der Waals surface area contributed by atoms with E-state index < -0.39 is 0 Å². The van der Waals surface area contributed by atoms with E-state index in [2.05, 4.69) is 9.80 Å². The minimum atomic E-state index is -0.185. The summed E-state index contributed by atoms with van der Waals surface area (Å²) in [4.78, 5) is 19.0. The van der Waals surface area contributed by atoms with Crippen LogP contribution in [0.4, 0.5) is 4.39 Å². The van der Waals surface area contributed by atoms with Crippen molar-refractivity contribution in [2.75, 3.05) is 45.8 Å². The van der Waals surface area contributed by atoms with E-state index in [0.717, 1.165) is 64.2 Å². The molecular formula is C18H26FN3O. The smallest absolute Gasteiger partial charge is 0.236 e. The Morgan fingerprint density at radius 3 is 2.13 bits per heavy atom. The summed E-state index contributed by atoms with van der Waals surface area (Å²) in [5, 5.41) is 0. The van der Waals surface area contributed by atoms with Gasteiger partial charge in [-0.25, -0.2) is 4.39 Å². The number of piperidine rings is 1. The zero-order chi connectivity index (χ0) is 16.1. The van der Waals surface area contributed by atoms with Gasteiger partial charge in [0.1, 0.15) is 5.82 Å². The maximum atomic E-state index is 12.9. The van der Waals surface area contributed by atoms with Gasteiger partial charge in [-0.1, -0.05) is 12.1 Å². The predicted octanol–water partition coefficient (Wildman–Crippen LogP) is 1.96. The van der Waals surface area contributed by atoms with Crippen LogP contribution in [-0.2, 0) is 11.3 Å². The SMILES string of the molecule is O=C(CN1CCN(Cc2ccc(F)cc2)CC1)N1CCCCC1. The van der Waals surface area contributed by atoms with E-state index in [0.29, 0.717) is 6.54 Å². The molecule has 4 nitrogen and oxygen atoms in total. The van der Waals surface area contributed by atoms with E-state index in [9.17, 15) is 9.18 Å². The van der Waals surface area contributed by atoms with Crippen LogP contribution in [0.3, 0.4) is 0 Å². The number of hydrogen-bond acceptors (Lipinski definition) is 3. The van der Waals surface area contributed by atoms with Gasteiger partial charge in [0.2, 0.25) is 5.91 Å². The molecule has 2 aliphatic rings. The van der Waals surface area contributed by atoms with Crippen molar-refractivity contribution < 1.29 is 9.18 Å². The van der Waals surface area contributed by atoms with Gasteiger partial charge in [-0.05, 0) is 37.0 Å². The van der Waals surface area contributed by atoms with Crippen molar-refractivity contribution in [1.29, 1.82) is 0 Å². The Kier molecular flexibility index (Phi) is 5.62. The van der Waals surface area contributed by atoms with Crippen LogP contribution in [0.1, 0.15) is 24.8 Å². The molecule has 5 heteroatoms. The fourth-order valence-electron chi connectivity index (χ4n) is 3.39. The Hall–Kier alpha value is -1.46. The second kappa shape index (κ2) is 7.88. The van der Waals surface area contributed by atoms with Crippen molar-refractivity contribution >= 4 is 5.91 Å². The summed E-state index contributed by atoms with van der Waals surface area (Å²) in [5.74, 6) is 0.103. The molecule has 1 aromatic rings. The van der Waals surface area contributed by atoms with E-state index >= 15 is 0 Å². The summed E-state index contributed by atoms with van der Waals surface area (Å²) in [6.45, 7) is 7.07. The Labute approximate surface area is 137 Å². The average Bonchev–Trinajstić information content (AvgIpc) is 2.59. The third kappa shape index (κ3) is 4.75. The lowest BCUT2D eigenvalue weighted by atomic mass is 10.1. The first-order chi connectivity index (χ1) is 11.2. The number of hydrogen-bond donors (Lipinski definition) is 0. The maximum Gasteiger partial charge on any atom is 0.236 e. The van der Waals surface area contributed by atoms with E-state index in [1.165, 1.54) is 18.6 Å². The van der Waals surface area contributed by atoms with Crippen molar-refractivity contribution in [2.45, 2.75) is 25.8 Å². The molecular weight excluding hydrogens is 293 g/mol. The van der Waals surface area contributed by atoms with Gasteiger partial charge in [-0.2, -0.15) is 0 Å². The molecule has 126 valence electrons. The summed E-state index contributed by atoms with van der Waals surface area (Å²) >= 11 is 0. The van der Waals surface area contributed by atoms with Crippen molar-refractivity contribution in [3.05, 3.63) is 35.6 Å². The summed E-state index contributed by atoms with van der Waals surface area (Å²) in [6, 6.07) is 6.73. The highest BCUT2D eigenvalue weighted by Gasteiger charge is 2.22. The monoisotopic (exact) mass is 319 g/mol. The average molecular weight is 319 g/mol. The van der Waals surface area contributed by atoms with Crippen LogP contribution in [-0.4, -0.2) is 66.4 Å². The molecule has 0 aromatic heterocycles. The van der Waals surface area contributed by atoms with Gasteiger partial charge in [0.15, 0.2) is 0 Å². The maximum absolute atomic E-state index is 12.9. The molecule has 1 aromatic carbocycles. The lowest BCUT2D eigenvalue weighted by molar-refractivity contribution is -0.133. The molecule has 3 rings (SSSR count). The van der Waals surface area contributed by atoms with E-state index in [4.69, 9.17) is 0 Å². The molecule has 0 bridgehead atoms. The molecule has 2 saturated heterocycles. The highest BCUT2D eigenvalue weighted by atomic mass is 19.1. The molecule has 1 amide bonds. The molecule has 0 atom stereocenters. The third-order valence-electron chi connectivity index (χ3n) is 4.85. The van der Waals surface area contributed by atoms with Gasteiger partial charge in [-0.3, -0.25) is 14.6 Å². The molecule has 0 unspecified atom stereocenters. The van der Waals surface area contributed by atoms with E-state index in [1.807, 2.05) is 17.0 Å². The van der Waals surface area contributed by atoms with Crippen LogP contribution in [0.25, 0.3) is 0 Å². The molecule has 0 saturated carbocycles. The zero-order valence-electron chi connectivity index (χ0n) is 13.7. The van der Waals surface area contributed by atoms with Gasteiger partial charge < -0.3 is 4.90 Å². The number of halogens is 1. The number of likely N-dealkylation sites (tertiary alicyclic amines) is 1. The zero-order valence-corrected chi connectivity index (χ0v) is 13.7. The lowest BCUT2D eigenvalue weighted by Crippen LogP contribution is -2.50. The normalized spacial score (nSPS) is 20.7. The second-order valence-electron chi connectivity index (χ2n) is 6.62. The Balaban J connectivity index is 1.41. The molecule has 0 N–H and O–H groups in total. The fraction of sp³-hybridized carbons (Fsp3) is 0.611. The molecule has 2 heterocycles. The number of piperazine rings is 1. The van der Waals surface area contributed by atoms with Crippen LogP contribution in [0.2, 0.25) is 0 Å². The van der Waals surface area contributed by atoms with Gasteiger partial charge in [-0.15, -0.1) is 0 Å². The summed E-state index contributed by atoms with van der Waals surface area (Å²) in [7, 11) is 0. The van der Waals surface area contributed by atoms with Gasteiger partial charge in [0.25, 0.3) is 0 Å². The highest BCUT2D eigenvalue weighted by Crippen LogP contribution is 2.12.